The average Bonchev–Trinajstić information content (AvgIpc) is 3.58. The minimum Gasteiger partial charge on any atom is -0.487 e. The Balaban J connectivity index is 1.53. The van der Waals surface area contributed by atoms with Crippen LogP contribution in [0.3, 0.4) is 0 Å². The van der Waals surface area contributed by atoms with Gasteiger partial charge in [0.15, 0.2) is 0 Å². The zero-order valence-electron chi connectivity index (χ0n) is 17.2. The normalized spacial score (nSPS) is 12.2. The van der Waals surface area contributed by atoms with Crippen LogP contribution >= 0.6 is 0 Å². The molecular weight excluding hydrogens is 396 g/mol. The summed E-state index contributed by atoms with van der Waals surface area (Å²) < 4.78 is 6.17. The van der Waals surface area contributed by atoms with Crippen LogP contribution in [0.5, 0.6) is 5.75 Å². The number of fused-ring (bicyclic) bond motifs is 8. The molecule has 8 bridgehead atoms. The molecule has 6 rings (SSSR count). The lowest BCUT2D eigenvalue weighted by Gasteiger charge is -2.04. The summed E-state index contributed by atoms with van der Waals surface area (Å²) in [4.78, 5) is 16.3. The Morgan fingerprint density at radius 2 is 1.19 bits per heavy atom. The third-order valence-electron chi connectivity index (χ3n) is 5.37. The predicted molar refractivity (Wildman–Crippen MR) is 130 cm³/mol. The molecule has 4 aromatic rings. The molecule has 0 unspecified atom stereocenters. The van der Waals surface area contributed by atoms with Gasteiger partial charge in [0, 0.05) is 22.6 Å². The van der Waals surface area contributed by atoms with Crippen LogP contribution in [0.4, 0.5) is 0 Å². The largest absolute Gasteiger partial charge is 0.487 e. The highest BCUT2D eigenvalue weighted by Gasteiger charge is 2.06. The average molecular weight is 416 g/mol. The maximum absolute atomic E-state index is 6.17. The van der Waals surface area contributed by atoms with Gasteiger partial charge in [-0.1, -0.05) is 30.3 Å². The number of nitrogens with one attached hydrogen (secondary N) is 2. The van der Waals surface area contributed by atoms with E-state index in [4.69, 9.17) is 14.7 Å². The fraction of sp³-hybridized carbons (Fsp3) is 0.0370. The first kappa shape index (κ1) is 18.4. The van der Waals surface area contributed by atoms with E-state index in [-0.39, 0.29) is 0 Å². The molecule has 5 nitrogen and oxygen atoms in total. The van der Waals surface area contributed by atoms with Crippen molar-refractivity contribution in [3.8, 4) is 5.75 Å². The van der Waals surface area contributed by atoms with Gasteiger partial charge in [0.05, 0.1) is 28.3 Å². The Kier molecular flexibility index (Phi) is 4.43. The van der Waals surface area contributed by atoms with Gasteiger partial charge < -0.3 is 14.7 Å². The van der Waals surface area contributed by atoms with Crippen molar-refractivity contribution in [2.24, 2.45) is 0 Å². The highest BCUT2D eigenvalue weighted by Crippen LogP contribution is 2.25. The zero-order valence-corrected chi connectivity index (χ0v) is 17.2. The second-order valence-electron chi connectivity index (χ2n) is 7.81. The van der Waals surface area contributed by atoms with Gasteiger partial charge in [-0.2, -0.15) is 0 Å². The van der Waals surface area contributed by atoms with Crippen molar-refractivity contribution in [1.82, 2.24) is 19.9 Å². The molecule has 0 radical (unpaired) electrons. The van der Waals surface area contributed by atoms with Gasteiger partial charge in [0.2, 0.25) is 0 Å². The van der Waals surface area contributed by atoms with Gasteiger partial charge in [-0.05, 0) is 66.3 Å². The molecule has 0 saturated carbocycles. The molecule has 0 amide bonds. The lowest BCUT2D eigenvalue weighted by Crippen LogP contribution is -1.94. The summed E-state index contributed by atoms with van der Waals surface area (Å²) >= 11 is 0. The Hall–Kier alpha value is -4.38. The Morgan fingerprint density at radius 1 is 0.594 bits per heavy atom. The Morgan fingerprint density at radius 3 is 1.84 bits per heavy atom. The van der Waals surface area contributed by atoms with Gasteiger partial charge in [0.25, 0.3) is 0 Å². The molecule has 0 spiro atoms. The number of nitrogens with zero attached hydrogens (tertiary/aromatic N) is 2. The summed E-state index contributed by atoms with van der Waals surface area (Å²) in [6.07, 6.45) is 8.05. The number of hydrogen-bond donors (Lipinski definition) is 2. The number of hydrogen-bond acceptors (Lipinski definition) is 3. The van der Waals surface area contributed by atoms with Gasteiger partial charge >= 0.3 is 0 Å². The van der Waals surface area contributed by atoms with Crippen molar-refractivity contribution in [2.45, 2.75) is 6.61 Å². The van der Waals surface area contributed by atoms with Crippen LogP contribution in [0.2, 0.25) is 0 Å². The number of rotatable bonds is 3. The minimum atomic E-state index is 0.495. The fourth-order valence-electron chi connectivity index (χ4n) is 3.85. The monoisotopic (exact) mass is 416 g/mol. The van der Waals surface area contributed by atoms with Crippen molar-refractivity contribution in [2.75, 3.05) is 0 Å². The van der Waals surface area contributed by atoms with E-state index in [2.05, 4.69) is 22.1 Å². The predicted octanol–water partition coefficient (Wildman–Crippen LogP) is 6.23. The minimum absolute atomic E-state index is 0.495. The second-order valence-corrected chi connectivity index (χ2v) is 7.81. The number of ether oxygens (including phenoxy) is 1. The molecule has 2 N–H and O–H groups in total. The topological polar surface area (TPSA) is 66.6 Å². The van der Waals surface area contributed by atoms with E-state index < -0.39 is 0 Å². The van der Waals surface area contributed by atoms with Gasteiger partial charge in [-0.25, -0.2) is 9.97 Å². The molecule has 0 atom stereocenters. The van der Waals surface area contributed by atoms with E-state index >= 15 is 0 Å². The molecule has 154 valence electrons. The summed E-state index contributed by atoms with van der Waals surface area (Å²) in [6.45, 7) is 0.495. The first-order valence-corrected chi connectivity index (χ1v) is 10.5. The van der Waals surface area contributed by atoms with E-state index in [1.807, 2.05) is 85.0 Å². The molecule has 32 heavy (non-hydrogen) atoms. The molecule has 2 aliphatic rings. The van der Waals surface area contributed by atoms with E-state index in [1.165, 1.54) is 0 Å². The van der Waals surface area contributed by atoms with E-state index in [1.54, 1.807) is 0 Å². The van der Waals surface area contributed by atoms with Gasteiger partial charge in [-0.15, -0.1) is 0 Å². The highest BCUT2D eigenvalue weighted by atomic mass is 16.5. The summed E-state index contributed by atoms with van der Waals surface area (Å²) in [5.41, 5.74) is 8.49. The molecule has 0 saturated heterocycles. The Bertz CT molecular complexity index is 1520. The highest BCUT2D eigenvalue weighted by molar-refractivity contribution is 5.79. The van der Waals surface area contributed by atoms with E-state index in [0.29, 0.717) is 6.61 Å². The second kappa shape index (κ2) is 7.71. The smallest absolute Gasteiger partial charge is 0.145 e. The SMILES string of the molecule is C1=Cc2cc3cc(OCc4ccccc4)c(cc4nc(cc5ccc(cc1n2)[nH]5)C=C4)[nH]3. The van der Waals surface area contributed by atoms with Gasteiger partial charge in [-0.3, -0.25) is 0 Å². The van der Waals surface area contributed by atoms with Crippen LogP contribution in [-0.2, 0) is 6.61 Å². The quantitative estimate of drug-likeness (QED) is 0.359. The van der Waals surface area contributed by atoms with Crippen molar-refractivity contribution in [1.29, 1.82) is 0 Å². The summed E-state index contributed by atoms with van der Waals surface area (Å²) in [5.74, 6) is 0.782. The fourth-order valence-corrected chi connectivity index (χ4v) is 3.85. The molecule has 5 heterocycles. The lowest BCUT2D eigenvalue weighted by atomic mass is 10.2. The van der Waals surface area contributed by atoms with Crippen LogP contribution in [0.1, 0.15) is 28.3 Å². The molecule has 1 aromatic carbocycles. The van der Waals surface area contributed by atoms with Crippen LogP contribution in [0.25, 0.3) is 46.4 Å². The number of aromatic amines is 2. The number of benzene rings is 1. The van der Waals surface area contributed by atoms with Crippen LogP contribution in [0, 0.1) is 0 Å². The molecule has 0 fully saturated rings. The molecular formula is C27H20N4O. The van der Waals surface area contributed by atoms with Crippen molar-refractivity contribution < 1.29 is 4.74 Å². The molecule has 0 aliphatic carbocycles. The molecule has 3 aromatic heterocycles. The van der Waals surface area contributed by atoms with Crippen LogP contribution in [0.15, 0.2) is 72.8 Å². The third kappa shape index (κ3) is 3.84. The number of H-pyrrole nitrogens is 2. The summed E-state index contributed by atoms with van der Waals surface area (Å²) in [6, 6.07) is 24.4. The van der Waals surface area contributed by atoms with E-state index in [0.717, 1.165) is 56.2 Å². The molecule has 2 aliphatic heterocycles. The van der Waals surface area contributed by atoms with Crippen molar-refractivity contribution in [3.63, 3.8) is 0 Å². The zero-order chi connectivity index (χ0) is 21.3. The first-order chi connectivity index (χ1) is 15.8. The number of aromatic nitrogens is 4. The van der Waals surface area contributed by atoms with Crippen LogP contribution < -0.4 is 4.74 Å². The lowest BCUT2D eigenvalue weighted by molar-refractivity contribution is 0.310. The standard InChI is InChI=1S/C27H20N4O/c1-2-4-18(5-3-1)17-32-27-16-25-14-23-9-8-21(29-23)12-19-6-7-20(28-19)13-22-10-11-24(30-22)15-26(27)31-25/h1-16,28,31H,17H2. The third-order valence-corrected chi connectivity index (χ3v) is 5.37. The van der Waals surface area contributed by atoms with Gasteiger partial charge in [0.1, 0.15) is 12.4 Å². The van der Waals surface area contributed by atoms with Crippen LogP contribution in [-0.4, -0.2) is 19.9 Å². The molecule has 5 heteroatoms. The first-order valence-electron chi connectivity index (χ1n) is 10.5. The maximum atomic E-state index is 6.17. The summed E-state index contributed by atoms with van der Waals surface area (Å²) in [5, 5.41) is 0. The summed E-state index contributed by atoms with van der Waals surface area (Å²) in [7, 11) is 0. The van der Waals surface area contributed by atoms with Crippen molar-refractivity contribution >= 4 is 46.4 Å². The Labute approximate surface area is 184 Å². The van der Waals surface area contributed by atoms with E-state index in [9.17, 15) is 0 Å². The van der Waals surface area contributed by atoms with Crippen molar-refractivity contribution in [3.05, 3.63) is 101 Å². The maximum Gasteiger partial charge on any atom is 0.145 e.